The summed E-state index contributed by atoms with van der Waals surface area (Å²) in [6.45, 7) is 2.03. The number of nitrogens with one attached hydrogen (secondary N) is 1. The van der Waals surface area contributed by atoms with Crippen LogP contribution in [0.3, 0.4) is 0 Å². The lowest BCUT2D eigenvalue weighted by Gasteiger charge is -2.16. The van der Waals surface area contributed by atoms with Gasteiger partial charge in [0.15, 0.2) is 0 Å². The largest absolute Gasteiger partial charge is 0.400 e. The number of aldehydes is 1. The minimum Gasteiger partial charge on any atom is -0.400 e. The van der Waals surface area contributed by atoms with Gasteiger partial charge in [-0.3, -0.25) is 0 Å². The summed E-state index contributed by atoms with van der Waals surface area (Å²) in [4.78, 5) is 10.1. The average molecular weight is 145 g/mol. The lowest BCUT2D eigenvalue weighted by atomic mass is 10.0. The van der Waals surface area contributed by atoms with Crippen molar-refractivity contribution in [1.29, 1.82) is 0 Å². The molecule has 0 aromatic carbocycles. The van der Waals surface area contributed by atoms with Crippen molar-refractivity contribution in [2.24, 2.45) is 5.92 Å². The van der Waals surface area contributed by atoms with Gasteiger partial charge >= 0.3 is 0 Å². The average Bonchev–Trinajstić information content (AvgIpc) is 2.10. The Morgan fingerprint density at radius 1 is 1.40 bits per heavy atom. The second-order valence-electron chi connectivity index (χ2n) is 2.22. The van der Waals surface area contributed by atoms with E-state index in [9.17, 15) is 4.79 Å². The van der Waals surface area contributed by atoms with Gasteiger partial charge < -0.3 is 15.2 Å². The highest BCUT2D eigenvalue weighted by Gasteiger charge is 2.09. The molecule has 3 nitrogen and oxygen atoms in total. The first-order chi connectivity index (χ1) is 4.93. The van der Waals surface area contributed by atoms with Crippen LogP contribution in [-0.4, -0.2) is 31.6 Å². The van der Waals surface area contributed by atoms with Crippen LogP contribution in [0.5, 0.6) is 0 Å². The van der Waals surface area contributed by atoms with E-state index >= 15 is 0 Å². The second-order valence-corrected chi connectivity index (χ2v) is 2.22. The summed E-state index contributed by atoms with van der Waals surface area (Å²) >= 11 is 0. The maximum atomic E-state index is 10.1. The third-order valence-electron chi connectivity index (χ3n) is 1.58. The summed E-state index contributed by atoms with van der Waals surface area (Å²) in [7, 11) is 1.00. The van der Waals surface area contributed by atoms with E-state index in [-0.39, 0.29) is 0 Å². The van der Waals surface area contributed by atoms with Gasteiger partial charge in [0.25, 0.3) is 0 Å². The summed E-state index contributed by atoms with van der Waals surface area (Å²) in [6, 6.07) is 0. The number of hydrogen-bond acceptors (Lipinski definition) is 3. The Balaban J connectivity index is 0.000000371. The molecular formula is C7H15NO2. The highest BCUT2D eigenvalue weighted by molar-refractivity contribution is 5.53. The van der Waals surface area contributed by atoms with Gasteiger partial charge in [-0.1, -0.05) is 0 Å². The van der Waals surface area contributed by atoms with E-state index in [0.29, 0.717) is 5.92 Å². The molecular weight excluding hydrogens is 130 g/mol. The molecule has 0 atom stereocenters. The molecule has 60 valence electrons. The second kappa shape index (κ2) is 6.71. The molecule has 0 unspecified atom stereocenters. The molecule has 0 radical (unpaired) electrons. The third-order valence-corrected chi connectivity index (χ3v) is 1.58. The van der Waals surface area contributed by atoms with Gasteiger partial charge in [-0.15, -0.1) is 0 Å². The SMILES string of the molecule is CO.O=CC1CCNCC1. The molecule has 1 saturated heterocycles. The maximum absolute atomic E-state index is 10.1. The van der Waals surface area contributed by atoms with E-state index in [4.69, 9.17) is 5.11 Å². The van der Waals surface area contributed by atoms with Crippen molar-refractivity contribution in [2.45, 2.75) is 12.8 Å². The minimum absolute atomic E-state index is 0.344. The van der Waals surface area contributed by atoms with Gasteiger partial charge in [-0.2, -0.15) is 0 Å². The molecule has 1 fully saturated rings. The van der Waals surface area contributed by atoms with Crippen LogP contribution < -0.4 is 5.32 Å². The highest BCUT2D eigenvalue weighted by atomic mass is 16.2. The number of carbonyl (C=O) groups is 1. The fraction of sp³-hybridized carbons (Fsp3) is 0.857. The van der Waals surface area contributed by atoms with Gasteiger partial charge in [0.05, 0.1) is 0 Å². The molecule has 10 heavy (non-hydrogen) atoms. The smallest absolute Gasteiger partial charge is 0.123 e. The van der Waals surface area contributed by atoms with Crippen LogP contribution >= 0.6 is 0 Å². The quantitative estimate of drug-likeness (QED) is 0.502. The number of aliphatic hydroxyl groups is 1. The Morgan fingerprint density at radius 3 is 2.20 bits per heavy atom. The van der Waals surface area contributed by atoms with Crippen LogP contribution in [0.25, 0.3) is 0 Å². The molecule has 1 aliphatic rings. The molecule has 2 N–H and O–H groups in total. The Kier molecular flexibility index (Phi) is 6.43. The van der Waals surface area contributed by atoms with Crippen LogP contribution in [0.1, 0.15) is 12.8 Å². The van der Waals surface area contributed by atoms with Crippen LogP contribution in [0.15, 0.2) is 0 Å². The molecule has 0 amide bonds. The fourth-order valence-electron chi connectivity index (χ4n) is 0.980. The van der Waals surface area contributed by atoms with Crippen LogP contribution in [-0.2, 0) is 4.79 Å². The summed E-state index contributed by atoms with van der Waals surface area (Å²) in [5.74, 6) is 0.344. The topological polar surface area (TPSA) is 49.3 Å². The summed E-state index contributed by atoms with van der Waals surface area (Å²) in [5.41, 5.74) is 0. The molecule has 1 aliphatic heterocycles. The summed E-state index contributed by atoms with van der Waals surface area (Å²) < 4.78 is 0. The normalized spacial score (nSPS) is 19.0. The lowest BCUT2D eigenvalue weighted by molar-refractivity contribution is -0.111. The Labute approximate surface area is 61.4 Å². The summed E-state index contributed by atoms with van der Waals surface area (Å²) in [6.07, 6.45) is 3.13. The van der Waals surface area contributed by atoms with Gasteiger partial charge in [-0.25, -0.2) is 0 Å². The van der Waals surface area contributed by atoms with Crippen LogP contribution in [0.4, 0.5) is 0 Å². The highest BCUT2D eigenvalue weighted by Crippen LogP contribution is 2.06. The zero-order chi connectivity index (χ0) is 7.82. The number of piperidine rings is 1. The van der Waals surface area contributed by atoms with E-state index in [0.717, 1.165) is 39.3 Å². The summed E-state index contributed by atoms with van der Waals surface area (Å²) in [5, 5.41) is 10.2. The molecule has 0 aromatic heterocycles. The Bertz CT molecular complexity index is 79.7. The van der Waals surface area contributed by atoms with E-state index < -0.39 is 0 Å². The van der Waals surface area contributed by atoms with Crippen molar-refractivity contribution >= 4 is 6.29 Å². The molecule has 0 aromatic rings. The van der Waals surface area contributed by atoms with Crippen molar-refractivity contribution in [3.8, 4) is 0 Å². The predicted molar refractivity (Wildman–Crippen MR) is 39.8 cm³/mol. The first kappa shape index (κ1) is 9.59. The molecule has 1 heterocycles. The zero-order valence-corrected chi connectivity index (χ0v) is 6.34. The number of hydrogen-bond donors (Lipinski definition) is 2. The first-order valence-corrected chi connectivity index (χ1v) is 3.54. The van der Waals surface area contributed by atoms with Crippen molar-refractivity contribution < 1.29 is 9.90 Å². The molecule has 0 spiro atoms. The standard InChI is InChI=1S/C6H11NO.CH4O/c8-5-6-1-3-7-4-2-6;1-2/h5-7H,1-4H2;2H,1H3. The van der Waals surface area contributed by atoms with Gasteiger partial charge in [-0.05, 0) is 25.9 Å². The van der Waals surface area contributed by atoms with Gasteiger partial charge in [0, 0.05) is 13.0 Å². The molecule has 1 rings (SSSR count). The van der Waals surface area contributed by atoms with E-state index in [2.05, 4.69) is 5.32 Å². The van der Waals surface area contributed by atoms with Crippen LogP contribution in [0.2, 0.25) is 0 Å². The minimum atomic E-state index is 0.344. The van der Waals surface area contributed by atoms with E-state index in [1.54, 1.807) is 0 Å². The monoisotopic (exact) mass is 145 g/mol. The van der Waals surface area contributed by atoms with Crippen molar-refractivity contribution in [2.75, 3.05) is 20.2 Å². The molecule has 3 heteroatoms. The Morgan fingerprint density at radius 2 is 1.90 bits per heavy atom. The molecule has 0 saturated carbocycles. The molecule has 0 aliphatic carbocycles. The molecule has 0 bridgehead atoms. The Hall–Kier alpha value is -0.410. The number of carbonyl (C=O) groups excluding carboxylic acids is 1. The lowest BCUT2D eigenvalue weighted by Crippen LogP contribution is -2.28. The van der Waals surface area contributed by atoms with Crippen molar-refractivity contribution in [3.63, 3.8) is 0 Å². The first-order valence-electron chi connectivity index (χ1n) is 3.54. The zero-order valence-electron chi connectivity index (χ0n) is 6.34. The van der Waals surface area contributed by atoms with Crippen molar-refractivity contribution in [1.82, 2.24) is 5.32 Å². The maximum Gasteiger partial charge on any atom is 0.123 e. The van der Waals surface area contributed by atoms with Gasteiger partial charge in [0.2, 0.25) is 0 Å². The predicted octanol–water partition coefficient (Wildman–Crippen LogP) is -0.207. The van der Waals surface area contributed by atoms with E-state index in [1.165, 1.54) is 0 Å². The number of aliphatic hydroxyl groups excluding tert-OH is 1. The van der Waals surface area contributed by atoms with Crippen molar-refractivity contribution in [3.05, 3.63) is 0 Å². The number of rotatable bonds is 1. The van der Waals surface area contributed by atoms with E-state index in [1.807, 2.05) is 0 Å². The van der Waals surface area contributed by atoms with Gasteiger partial charge in [0.1, 0.15) is 6.29 Å². The van der Waals surface area contributed by atoms with Crippen LogP contribution in [0, 0.1) is 5.92 Å². The fourth-order valence-corrected chi connectivity index (χ4v) is 0.980. The third kappa shape index (κ3) is 3.58.